The molecule has 22 rings (SSSR count). The van der Waals surface area contributed by atoms with Crippen LogP contribution in [0.2, 0.25) is 0 Å². The van der Waals surface area contributed by atoms with Crippen LogP contribution in [0.1, 0.15) is 0 Å². The second-order valence-corrected chi connectivity index (χ2v) is 17.3. The van der Waals surface area contributed by atoms with Gasteiger partial charge in [-0.1, -0.05) is 0 Å². The van der Waals surface area contributed by atoms with Crippen molar-refractivity contribution >= 4 is 6.09 Å². The predicted molar refractivity (Wildman–Crippen MR) is 204 cm³/mol. The van der Waals surface area contributed by atoms with Crippen molar-refractivity contribution in [1.82, 2.24) is 0 Å². The molecule has 0 unspecified atom stereocenters. The van der Waals surface area contributed by atoms with E-state index in [0.717, 1.165) is 0 Å². The summed E-state index contributed by atoms with van der Waals surface area (Å²) in [5.41, 5.74) is 5.28. The molecular weight excluding hydrogens is 954 g/mol. The first kappa shape index (κ1) is 54.9. The molecule has 22 heterocycles. The molecule has 22 fully saturated rings. The lowest BCUT2D eigenvalue weighted by Gasteiger charge is -2.50. The van der Waals surface area contributed by atoms with E-state index >= 15 is 0 Å². The number of amides is 1. The Hall–Kier alpha value is -1.89. The molecule has 32 nitrogen and oxygen atoms in total. The van der Waals surface area contributed by atoms with Crippen LogP contribution >= 0.6 is 0 Å². The largest absolute Gasteiger partial charge is 0.441 e. The highest BCUT2D eigenvalue weighted by Crippen LogP contribution is 2.38. The van der Waals surface area contributed by atoms with Crippen LogP contribution in [0.25, 0.3) is 0 Å². The normalized spacial score (nSPS) is 53.3. The number of ether oxygens (including phenoxy) is 13. The fourth-order valence-corrected chi connectivity index (χ4v) is 9.18. The number of rotatable bonds is 7. The van der Waals surface area contributed by atoms with Crippen LogP contribution in [0.3, 0.4) is 0 Å². The summed E-state index contributed by atoms with van der Waals surface area (Å²) in [6.45, 7) is -6.20. The number of carbonyl (C=O) groups is 1. The van der Waals surface area contributed by atoms with Gasteiger partial charge in [-0.2, -0.15) is 0 Å². The number of nitrogens with two attached hydrogens (primary N) is 1. The average Bonchev–Trinajstić information content (AvgIpc) is 3.33. The summed E-state index contributed by atoms with van der Waals surface area (Å²) in [5.74, 6) is 0. The molecule has 0 radical (unpaired) electrons. The second kappa shape index (κ2) is 23.1. The molecule has 0 aromatic carbocycles. The molecule has 1 amide bonds. The van der Waals surface area contributed by atoms with Gasteiger partial charge in [0.15, 0.2) is 43.8 Å². The number of aliphatic hydroxyl groups is 17. The lowest BCUT2D eigenvalue weighted by atomic mass is 9.94. The van der Waals surface area contributed by atoms with Crippen LogP contribution in [-0.2, 0) is 61.6 Å². The van der Waals surface area contributed by atoms with Gasteiger partial charge in [0.1, 0.15) is 140 Å². The van der Waals surface area contributed by atoms with E-state index in [1.807, 2.05) is 0 Å². The smallest absolute Gasteiger partial charge is 0.404 e. The van der Waals surface area contributed by atoms with Gasteiger partial charge >= 0.3 is 6.09 Å². The molecule has 0 saturated carbocycles. The maximum Gasteiger partial charge on any atom is 0.404 e. The molecule has 0 aromatic rings. The van der Waals surface area contributed by atoms with E-state index in [-0.39, 0.29) is 0 Å². The molecule has 22 saturated heterocycles. The average molecular weight is 1020 g/mol. The zero-order valence-electron chi connectivity index (χ0n) is 36.0. The van der Waals surface area contributed by atoms with Gasteiger partial charge in [-0.3, -0.25) is 0 Å². The van der Waals surface area contributed by atoms with Gasteiger partial charge in [-0.05, 0) is 0 Å². The first-order chi connectivity index (χ1) is 32.8. The monoisotopic (exact) mass is 1020 g/mol. The maximum absolute atomic E-state index is 12.2. The number of carbonyl (C=O) groups excluding carboxylic acids is 1. The lowest BCUT2D eigenvalue weighted by Crippen LogP contribution is -2.69. The molecule has 30 atom stereocenters. The summed E-state index contributed by atoms with van der Waals surface area (Å²) in [6.07, 6.45) is -61.2. The molecule has 22 aliphatic rings. The van der Waals surface area contributed by atoms with Crippen molar-refractivity contribution in [3.63, 3.8) is 0 Å². The fourth-order valence-electron chi connectivity index (χ4n) is 9.18. The minimum Gasteiger partial charge on any atom is -0.441 e. The Morgan fingerprint density at radius 2 is 0.493 bits per heavy atom. The van der Waals surface area contributed by atoms with Gasteiger partial charge in [0.25, 0.3) is 0 Å². The standard InChI is InChI=1S/C37H61NO31/c38-37(56)69-30-23(55)36-62-12(6-44)29(30)68-35-22(54)17(49)27(10(4-42)61-35)66-33-20(52)15(47)25(8(2-40)59-33)64-31-18(50)13(45)24(7(1-39)57-31)63-32-19(51)14(46)26(9(3-41)58-32)65-34-21(53)16(48)28(67-36)11(5-43)60-34/h7-36,39-55H,1-6H2,(H2,38,56)/t7-,8-,9-,10-,11-,12-,13-,14-,15-,16-,17-,18-,19-,20-,21-,22-,23-,24-,25-,26-,27-,28-,29+,30-,31-,32-,33-,34-,35-,36-/m1/s1. The van der Waals surface area contributed by atoms with Gasteiger partial charge in [-0.25, -0.2) is 4.79 Å². The maximum atomic E-state index is 12.2. The van der Waals surface area contributed by atoms with Crippen LogP contribution in [0.4, 0.5) is 4.79 Å². The second-order valence-electron chi connectivity index (χ2n) is 17.3. The first-order valence-corrected chi connectivity index (χ1v) is 21.8. The van der Waals surface area contributed by atoms with E-state index in [0.29, 0.717) is 0 Å². The highest BCUT2D eigenvalue weighted by Gasteiger charge is 2.59. The summed E-state index contributed by atoms with van der Waals surface area (Å²) in [7, 11) is 0. The molecule has 22 aliphatic heterocycles. The Morgan fingerprint density at radius 1 is 0.304 bits per heavy atom. The van der Waals surface area contributed by atoms with Crippen molar-refractivity contribution in [3.8, 4) is 0 Å². The molecule has 69 heavy (non-hydrogen) atoms. The number of primary amides is 1. The Bertz CT molecular complexity index is 1630. The van der Waals surface area contributed by atoms with Crippen molar-refractivity contribution in [2.45, 2.75) is 184 Å². The molecule has 400 valence electrons. The Balaban J connectivity index is 1.22. The summed E-state index contributed by atoms with van der Waals surface area (Å²) < 4.78 is 73.3. The highest BCUT2D eigenvalue weighted by molar-refractivity contribution is 5.65. The minimum atomic E-state index is -2.22. The van der Waals surface area contributed by atoms with Crippen molar-refractivity contribution in [2.75, 3.05) is 39.6 Å². The van der Waals surface area contributed by atoms with E-state index in [9.17, 15) is 91.6 Å². The van der Waals surface area contributed by atoms with Crippen LogP contribution < -0.4 is 5.73 Å². The van der Waals surface area contributed by atoms with Gasteiger partial charge in [0.05, 0.1) is 39.6 Å². The lowest BCUT2D eigenvalue weighted by molar-refractivity contribution is -0.403. The summed E-state index contributed by atoms with van der Waals surface area (Å²) in [5, 5.41) is 186. The molecule has 0 spiro atoms. The van der Waals surface area contributed by atoms with Crippen molar-refractivity contribution < 1.29 is 153 Å². The Kier molecular flexibility index (Phi) is 18.4. The van der Waals surface area contributed by atoms with E-state index in [1.165, 1.54) is 0 Å². The molecule has 12 bridgehead atoms. The number of hydrogen-bond acceptors (Lipinski definition) is 31. The van der Waals surface area contributed by atoms with Crippen LogP contribution in [0.15, 0.2) is 0 Å². The van der Waals surface area contributed by atoms with Crippen molar-refractivity contribution in [2.24, 2.45) is 5.73 Å². The van der Waals surface area contributed by atoms with Crippen molar-refractivity contribution in [1.29, 1.82) is 0 Å². The summed E-state index contributed by atoms with van der Waals surface area (Å²) in [6, 6.07) is 0. The van der Waals surface area contributed by atoms with Crippen LogP contribution in [0, 0.1) is 0 Å². The van der Waals surface area contributed by atoms with Gasteiger partial charge < -0.3 is 154 Å². The minimum absolute atomic E-state index is 1.01. The zero-order chi connectivity index (χ0) is 50.3. The third-order valence-electron chi connectivity index (χ3n) is 12.9. The summed E-state index contributed by atoms with van der Waals surface area (Å²) in [4.78, 5) is 12.2. The molecule has 19 N–H and O–H groups in total. The topological polar surface area (TPSA) is 507 Å². The third kappa shape index (κ3) is 10.9. The quantitative estimate of drug-likeness (QED) is 0.113. The van der Waals surface area contributed by atoms with E-state index in [4.69, 9.17) is 67.3 Å². The molecule has 0 aliphatic carbocycles. The predicted octanol–water partition coefficient (Wildman–Crippen LogP) is -13.0. The first-order valence-electron chi connectivity index (χ1n) is 21.8. The highest BCUT2D eigenvalue weighted by atomic mass is 16.8. The van der Waals surface area contributed by atoms with E-state index < -0.39 is 230 Å². The Morgan fingerprint density at radius 3 is 0.696 bits per heavy atom. The van der Waals surface area contributed by atoms with Gasteiger partial charge in [-0.15, -0.1) is 0 Å². The SMILES string of the molecule is NC(=O)O[C@@H]1[C@@H](O)[C@H]2O[C@H]3[C@H](O)[C@@H](O)[C@@H](O[C@H]4[C@H](O)[C@@H](O)[C@@H](O[C@H]5[C@H](O)[C@@H](O)[C@@H](O[C@H]6[C@H](O)[C@@H](O)[C@@H](O[C@H]7[C@H](O)[C@@H](O)[C@@H](O[C@H]1[C@@H](CO)O2)O[C@@H]7CO)O[C@@H]6CO)O[C@@H]5CO)O[C@@H]4CO)O[C@@H]3CO. The third-order valence-corrected chi connectivity index (χ3v) is 12.9. The van der Waals surface area contributed by atoms with Crippen LogP contribution in [0.5, 0.6) is 0 Å². The van der Waals surface area contributed by atoms with Gasteiger partial charge in [0.2, 0.25) is 0 Å². The number of hydrogen-bond donors (Lipinski definition) is 18. The fraction of sp³-hybridized carbons (Fsp3) is 0.973. The molecule has 32 heteroatoms. The summed E-state index contributed by atoms with van der Waals surface area (Å²) >= 11 is 0. The number of aliphatic hydroxyl groups excluding tert-OH is 17. The van der Waals surface area contributed by atoms with Crippen molar-refractivity contribution in [3.05, 3.63) is 0 Å². The van der Waals surface area contributed by atoms with E-state index in [2.05, 4.69) is 0 Å². The van der Waals surface area contributed by atoms with E-state index in [1.54, 1.807) is 0 Å². The Labute approximate surface area is 388 Å². The molecule has 0 aromatic heterocycles. The zero-order valence-corrected chi connectivity index (χ0v) is 36.0. The van der Waals surface area contributed by atoms with Crippen LogP contribution in [-0.4, -0.2) is 317 Å². The van der Waals surface area contributed by atoms with Gasteiger partial charge in [0, 0.05) is 0 Å². The molecular formula is C37H61NO31.